The molecule has 172 valence electrons. The zero-order valence-corrected chi connectivity index (χ0v) is 19.6. The first-order valence-electron chi connectivity index (χ1n) is 10.6. The highest BCUT2D eigenvalue weighted by molar-refractivity contribution is 7.86. The maximum atomic E-state index is 12.8. The van der Waals surface area contributed by atoms with E-state index in [1.807, 2.05) is 56.3 Å². The molecule has 3 aromatic rings. The lowest BCUT2D eigenvalue weighted by molar-refractivity contribution is 0.0996. The Morgan fingerprint density at radius 3 is 2.30 bits per heavy atom. The average molecular weight is 467 g/mol. The molecule has 1 aliphatic rings. The molecule has 7 nitrogen and oxygen atoms in total. The summed E-state index contributed by atoms with van der Waals surface area (Å²) in [5, 5.41) is 0. The molecule has 0 spiro atoms. The Balaban J connectivity index is 1.35. The molecule has 0 fully saturated rings. The van der Waals surface area contributed by atoms with Crippen LogP contribution in [0.15, 0.2) is 71.6 Å². The van der Waals surface area contributed by atoms with Crippen molar-refractivity contribution < 1.29 is 22.1 Å². The predicted octanol–water partition coefficient (Wildman–Crippen LogP) is 4.01. The van der Waals surface area contributed by atoms with Gasteiger partial charge in [0, 0.05) is 31.0 Å². The highest BCUT2D eigenvalue weighted by atomic mass is 32.2. The first-order chi connectivity index (χ1) is 15.7. The van der Waals surface area contributed by atoms with Crippen LogP contribution in [0.3, 0.4) is 0 Å². The van der Waals surface area contributed by atoms with Gasteiger partial charge < -0.3 is 14.5 Å². The third-order valence-corrected chi connectivity index (χ3v) is 6.79. The second-order valence-corrected chi connectivity index (χ2v) is 9.67. The topological polar surface area (TPSA) is 76.2 Å². The molecule has 4 rings (SSSR count). The number of hydrogen-bond donors (Lipinski definition) is 0. The molecule has 0 aromatic heterocycles. The fourth-order valence-corrected chi connectivity index (χ4v) is 4.50. The summed E-state index contributed by atoms with van der Waals surface area (Å²) < 4.78 is 35.2. The lowest BCUT2D eigenvalue weighted by atomic mass is 10.1. The van der Waals surface area contributed by atoms with Crippen LogP contribution in [-0.2, 0) is 20.8 Å². The highest BCUT2D eigenvalue weighted by Gasteiger charge is 2.28. The summed E-state index contributed by atoms with van der Waals surface area (Å²) in [6.45, 7) is 2.28. The molecule has 0 saturated carbocycles. The number of benzene rings is 3. The fraction of sp³-hybridized carbons (Fsp3) is 0.240. The van der Waals surface area contributed by atoms with Crippen molar-refractivity contribution in [1.82, 2.24) is 0 Å². The lowest BCUT2D eigenvalue weighted by Gasteiger charge is -2.18. The smallest absolute Gasteiger partial charge is 0.297 e. The molecule has 0 aliphatic carbocycles. The van der Waals surface area contributed by atoms with Crippen LogP contribution in [-0.4, -0.2) is 41.6 Å². The largest absolute Gasteiger partial charge is 0.491 e. The molecule has 3 aromatic carbocycles. The van der Waals surface area contributed by atoms with Gasteiger partial charge in [-0.1, -0.05) is 17.7 Å². The van der Waals surface area contributed by atoms with E-state index in [1.54, 1.807) is 29.2 Å². The van der Waals surface area contributed by atoms with Crippen molar-refractivity contribution in [2.24, 2.45) is 0 Å². The SMILES string of the molecule is Cc1ccc(S(=O)(=O)OCCOc2ccc3c(c2)CN(c2ccc(N(C)C)cc2)C3=O)cc1. The van der Waals surface area contributed by atoms with Gasteiger partial charge >= 0.3 is 0 Å². The second kappa shape index (κ2) is 9.25. The first kappa shape index (κ1) is 22.8. The summed E-state index contributed by atoms with van der Waals surface area (Å²) in [5.41, 5.74) is 4.36. The van der Waals surface area contributed by atoms with E-state index in [0.717, 1.165) is 22.5 Å². The predicted molar refractivity (Wildman–Crippen MR) is 128 cm³/mol. The van der Waals surface area contributed by atoms with Gasteiger partial charge in [0.05, 0.1) is 11.4 Å². The molecule has 33 heavy (non-hydrogen) atoms. The number of anilines is 2. The number of aryl methyl sites for hydroxylation is 1. The van der Waals surface area contributed by atoms with Crippen molar-refractivity contribution >= 4 is 27.4 Å². The number of carbonyl (C=O) groups is 1. The molecule has 0 saturated heterocycles. The maximum Gasteiger partial charge on any atom is 0.297 e. The molecule has 0 unspecified atom stereocenters. The van der Waals surface area contributed by atoms with Gasteiger partial charge in [-0.05, 0) is 67.1 Å². The van der Waals surface area contributed by atoms with E-state index >= 15 is 0 Å². The van der Waals surface area contributed by atoms with E-state index in [0.29, 0.717) is 17.9 Å². The summed E-state index contributed by atoms with van der Waals surface area (Å²) in [7, 11) is 0.108. The van der Waals surface area contributed by atoms with Crippen molar-refractivity contribution in [3.63, 3.8) is 0 Å². The Kier molecular flexibility index (Phi) is 6.40. The molecule has 8 heteroatoms. The van der Waals surface area contributed by atoms with Crippen LogP contribution >= 0.6 is 0 Å². The van der Waals surface area contributed by atoms with Crippen molar-refractivity contribution in [2.75, 3.05) is 37.1 Å². The number of nitrogens with zero attached hydrogens (tertiary/aromatic N) is 2. The molecule has 0 N–H and O–H groups in total. The first-order valence-corrected chi connectivity index (χ1v) is 12.0. The van der Waals surface area contributed by atoms with Gasteiger partial charge in [-0.3, -0.25) is 8.98 Å². The van der Waals surface area contributed by atoms with E-state index < -0.39 is 10.1 Å². The Labute approximate surface area is 194 Å². The van der Waals surface area contributed by atoms with Gasteiger partial charge in [0.25, 0.3) is 16.0 Å². The molecule has 0 radical (unpaired) electrons. The number of fused-ring (bicyclic) bond motifs is 1. The molecular weight excluding hydrogens is 440 g/mol. The second-order valence-electron chi connectivity index (χ2n) is 8.06. The lowest BCUT2D eigenvalue weighted by Crippen LogP contribution is -2.23. The van der Waals surface area contributed by atoms with Crippen molar-refractivity contribution in [3.05, 3.63) is 83.4 Å². The van der Waals surface area contributed by atoms with Crippen molar-refractivity contribution in [2.45, 2.75) is 18.4 Å². The molecule has 0 bridgehead atoms. The van der Waals surface area contributed by atoms with E-state index in [-0.39, 0.29) is 24.0 Å². The van der Waals surface area contributed by atoms with Crippen molar-refractivity contribution in [1.29, 1.82) is 0 Å². The van der Waals surface area contributed by atoms with Crippen LogP contribution in [0.2, 0.25) is 0 Å². The molecule has 1 aliphatic heterocycles. The van der Waals surface area contributed by atoms with Gasteiger partial charge in [0.1, 0.15) is 19.0 Å². The van der Waals surface area contributed by atoms with Crippen molar-refractivity contribution in [3.8, 4) is 5.75 Å². The zero-order valence-electron chi connectivity index (χ0n) is 18.8. The highest BCUT2D eigenvalue weighted by Crippen LogP contribution is 2.31. The van der Waals surface area contributed by atoms with Crippen LogP contribution in [0.5, 0.6) is 5.75 Å². The number of ether oxygens (including phenoxy) is 1. The summed E-state index contributed by atoms with van der Waals surface area (Å²) in [6, 6.07) is 19.6. The standard InChI is InChI=1S/C25H26N2O5S/c1-18-4-11-23(12-5-18)33(29,30)32-15-14-31-22-10-13-24-19(16-22)17-27(25(24)28)21-8-6-20(7-9-21)26(2)3/h4-13,16H,14-15,17H2,1-3H3. The monoisotopic (exact) mass is 466 g/mol. The third-order valence-electron chi connectivity index (χ3n) is 5.46. The number of carbonyl (C=O) groups excluding carboxylic acids is 1. The Bertz CT molecular complexity index is 1250. The van der Waals surface area contributed by atoms with Gasteiger partial charge in [-0.2, -0.15) is 8.42 Å². The number of amides is 1. The Hall–Kier alpha value is -3.36. The minimum Gasteiger partial charge on any atom is -0.491 e. The summed E-state index contributed by atoms with van der Waals surface area (Å²) in [4.78, 5) is 16.7. The molecule has 1 heterocycles. The summed E-state index contributed by atoms with van der Waals surface area (Å²) >= 11 is 0. The number of hydrogen-bond acceptors (Lipinski definition) is 6. The van der Waals surface area contributed by atoms with Gasteiger partial charge in [0.2, 0.25) is 0 Å². The fourth-order valence-electron chi connectivity index (χ4n) is 3.60. The van der Waals surface area contributed by atoms with E-state index in [1.165, 1.54) is 12.1 Å². The third kappa shape index (κ3) is 5.02. The van der Waals surface area contributed by atoms with Gasteiger partial charge in [-0.15, -0.1) is 0 Å². The van der Waals surface area contributed by atoms with Gasteiger partial charge in [-0.25, -0.2) is 0 Å². The Morgan fingerprint density at radius 1 is 0.939 bits per heavy atom. The molecule has 0 atom stereocenters. The number of rotatable bonds is 8. The molecule has 1 amide bonds. The summed E-state index contributed by atoms with van der Waals surface area (Å²) in [5.74, 6) is 0.504. The summed E-state index contributed by atoms with van der Waals surface area (Å²) in [6.07, 6.45) is 0. The zero-order chi connectivity index (χ0) is 23.6. The van der Waals surface area contributed by atoms with E-state index in [2.05, 4.69) is 0 Å². The van der Waals surface area contributed by atoms with Crippen LogP contribution in [0.4, 0.5) is 11.4 Å². The quantitative estimate of drug-likeness (QED) is 0.369. The van der Waals surface area contributed by atoms with Crippen LogP contribution in [0.1, 0.15) is 21.5 Å². The maximum absolute atomic E-state index is 12.8. The van der Waals surface area contributed by atoms with Crippen LogP contribution in [0, 0.1) is 6.92 Å². The minimum absolute atomic E-state index is 0.0540. The van der Waals surface area contributed by atoms with E-state index in [4.69, 9.17) is 8.92 Å². The average Bonchev–Trinajstić information content (AvgIpc) is 3.13. The molecular formula is C25H26N2O5S. The van der Waals surface area contributed by atoms with Crippen LogP contribution < -0.4 is 14.5 Å². The van der Waals surface area contributed by atoms with Gasteiger partial charge in [0.15, 0.2) is 0 Å². The normalized spacial score (nSPS) is 13.2. The Morgan fingerprint density at radius 2 is 1.64 bits per heavy atom. The van der Waals surface area contributed by atoms with E-state index in [9.17, 15) is 13.2 Å². The van der Waals surface area contributed by atoms with Crippen LogP contribution in [0.25, 0.3) is 0 Å². The minimum atomic E-state index is -3.83.